The molecule has 1 saturated heterocycles. The molecule has 1 unspecified atom stereocenters. The summed E-state index contributed by atoms with van der Waals surface area (Å²) in [6, 6.07) is 8.03. The molecule has 1 aromatic heterocycles. The number of nitrogens with one attached hydrogen (secondary N) is 2. The van der Waals surface area contributed by atoms with Crippen LogP contribution in [0.3, 0.4) is 0 Å². The van der Waals surface area contributed by atoms with Crippen molar-refractivity contribution in [2.45, 2.75) is 38.5 Å². The molecule has 3 aliphatic heterocycles. The van der Waals surface area contributed by atoms with Gasteiger partial charge in [0.05, 0.1) is 12.2 Å². The molecule has 0 radical (unpaired) electrons. The van der Waals surface area contributed by atoms with Gasteiger partial charge in [-0.1, -0.05) is 6.07 Å². The van der Waals surface area contributed by atoms with Crippen molar-refractivity contribution < 1.29 is 19.2 Å². The van der Waals surface area contributed by atoms with Gasteiger partial charge in [-0.15, -0.1) is 0 Å². The second-order valence-corrected chi connectivity index (χ2v) is 7.67. The van der Waals surface area contributed by atoms with Crippen molar-refractivity contribution in [2.75, 3.05) is 5.32 Å². The van der Waals surface area contributed by atoms with Gasteiger partial charge in [0.25, 0.3) is 5.91 Å². The summed E-state index contributed by atoms with van der Waals surface area (Å²) in [6.45, 7) is 1.22. The molecule has 1 fully saturated rings. The lowest BCUT2D eigenvalue weighted by atomic mass is 10.0. The van der Waals surface area contributed by atoms with E-state index in [-0.39, 0.29) is 30.8 Å². The number of rotatable bonds is 2. The number of aromatic nitrogens is 1. The molecule has 0 aliphatic carbocycles. The van der Waals surface area contributed by atoms with Gasteiger partial charge >= 0.3 is 6.03 Å². The van der Waals surface area contributed by atoms with E-state index in [4.69, 9.17) is 0 Å². The number of pyridine rings is 1. The van der Waals surface area contributed by atoms with E-state index >= 15 is 0 Å². The van der Waals surface area contributed by atoms with Gasteiger partial charge in [-0.25, -0.2) is 4.79 Å². The van der Waals surface area contributed by atoms with Crippen LogP contribution in [-0.2, 0) is 29.2 Å². The zero-order valence-electron chi connectivity index (χ0n) is 16.1. The third-order valence-electron chi connectivity index (χ3n) is 5.75. The van der Waals surface area contributed by atoms with Crippen molar-refractivity contribution in [2.24, 2.45) is 0 Å². The summed E-state index contributed by atoms with van der Waals surface area (Å²) in [6.07, 6.45) is 2.24. The van der Waals surface area contributed by atoms with Crippen molar-refractivity contribution in [1.29, 1.82) is 0 Å². The molecule has 0 saturated carbocycles. The van der Waals surface area contributed by atoms with Gasteiger partial charge in [0.15, 0.2) is 0 Å². The van der Waals surface area contributed by atoms with Crippen molar-refractivity contribution in [1.82, 2.24) is 20.1 Å². The number of amides is 5. The standard InChI is InChI=1S/C21H19N5O4/c27-18-6-5-17(19(28)24-18)26-10-13-8-14(3-4-15(13)20(26)29)23-21(30)25-9-12-2-1-7-22-16(12)11-25/h1-4,7-8,17H,5-6,9-11H2,(H,23,30)(H,24,27,28). The van der Waals surface area contributed by atoms with Crippen molar-refractivity contribution in [3.8, 4) is 0 Å². The summed E-state index contributed by atoms with van der Waals surface area (Å²) in [5, 5.41) is 5.17. The minimum Gasteiger partial charge on any atom is -0.322 e. The van der Waals surface area contributed by atoms with Crippen molar-refractivity contribution in [3.05, 3.63) is 58.9 Å². The molecule has 5 amide bonds. The van der Waals surface area contributed by atoms with E-state index < -0.39 is 11.9 Å². The molecular weight excluding hydrogens is 386 g/mol. The maximum atomic E-state index is 12.8. The first-order chi connectivity index (χ1) is 14.5. The van der Waals surface area contributed by atoms with E-state index in [1.807, 2.05) is 12.1 Å². The zero-order valence-corrected chi connectivity index (χ0v) is 16.1. The lowest BCUT2D eigenvalue weighted by Crippen LogP contribution is -2.52. The highest BCUT2D eigenvalue weighted by molar-refractivity contribution is 6.05. The van der Waals surface area contributed by atoms with Gasteiger partial charge in [0, 0.05) is 37.0 Å². The Bertz CT molecular complexity index is 1070. The van der Waals surface area contributed by atoms with Gasteiger partial charge in [-0.2, -0.15) is 0 Å². The fourth-order valence-electron chi connectivity index (χ4n) is 4.20. The van der Waals surface area contributed by atoms with E-state index in [0.717, 1.165) is 16.8 Å². The molecule has 5 rings (SSSR count). The number of carbonyl (C=O) groups excluding carboxylic acids is 4. The van der Waals surface area contributed by atoms with Crippen LogP contribution in [0, 0.1) is 0 Å². The predicted molar refractivity (Wildman–Crippen MR) is 105 cm³/mol. The maximum Gasteiger partial charge on any atom is 0.322 e. The van der Waals surface area contributed by atoms with Gasteiger partial charge < -0.3 is 15.1 Å². The molecule has 0 spiro atoms. The molecule has 1 atom stereocenters. The number of benzene rings is 1. The number of fused-ring (bicyclic) bond motifs is 2. The molecule has 2 aromatic rings. The van der Waals surface area contributed by atoms with Crippen LogP contribution in [0.1, 0.15) is 40.0 Å². The smallest absolute Gasteiger partial charge is 0.322 e. The molecule has 9 heteroatoms. The molecule has 0 bridgehead atoms. The number of anilines is 1. The minimum atomic E-state index is -0.656. The van der Waals surface area contributed by atoms with Crippen LogP contribution in [0.2, 0.25) is 0 Å². The first-order valence-corrected chi connectivity index (χ1v) is 9.76. The van der Waals surface area contributed by atoms with Crippen LogP contribution in [-0.4, -0.2) is 44.6 Å². The SMILES string of the molecule is O=C1CCC(N2Cc3cc(NC(=O)N4Cc5cccnc5C4)ccc3C2=O)C(=O)N1. The van der Waals surface area contributed by atoms with E-state index in [9.17, 15) is 19.2 Å². The van der Waals surface area contributed by atoms with Crippen LogP contribution in [0.15, 0.2) is 36.5 Å². The molecule has 1 aromatic carbocycles. The highest BCUT2D eigenvalue weighted by Crippen LogP contribution is 2.30. The van der Waals surface area contributed by atoms with E-state index in [0.29, 0.717) is 30.8 Å². The number of imide groups is 1. The topological polar surface area (TPSA) is 112 Å². The van der Waals surface area contributed by atoms with Crippen molar-refractivity contribution >= 4 is 29.4 Å². The van der Waals surface area contributed by atoms with Crippen LogP contribution in [0.25, 0.3) is 0 Å². The maximum absolute atomic E-state index is 12.8. The number of urea groups is 1. The normalized spacial score (nSPS) is 20.1. The molecule has 30 heavy (non-hydrogen) atoms. The number of piperidine rings is 1. The first-order valence-electron chi connectivity index (χ1n) is 9.76. The predicted octanol–water partition coefficient (Wildman–Crippen LogP) is 1.39. The number of carbonyl (C=O) groups is 4. The third-order valence-corrected chi connectivity index (χ3v) is 5.75. The van der Waals surface area contributed by atoms with E-state index in [1.54, 1.807) is 29.3 Å². The average Bonchev–Trinajstić information content (AvgIpc) is 3.29. The zero-order chi connectivity index (χ0) is 20.8. The van der Waals surface area contributed by atoms with Gasteiger partial charge in [-0.05, 0) is 41.8 Å². The molecule has 9 nitrogen and oxygen atoms in total. The Morgan fingerprint density at radius 1 is 1.10 bits per heavy atom. The molecule has 152 valence electrons. The van der Waals surface area contributed by atoms with Crippen LogP contribution in [0.4, 0.5) is 10.5 Å². The van der Waals surface area contributed by atoms with Crippen molar-refractivity contribution in [3.63, 3.8) is 0 Å². The van der Waals surface area contributed by atoms with Crippen LogP contribution < -0.4 is 10.6 Å². The second-order valence-electron chi connectivity index (χ2n) is 7.67. The lowest BCUT2D eigenvalue weighted by molar-refractivity contribution is -0.136. The highest BCUT2D eigenvalue weighted by atomic mass is 16.2. The number of nitrogens with zero attached hydrogens (tertiary/aromatic N) is 3. The summed E-state index contributed by atoms with van der Waals surface area (Å²) < 4.78 is 0. The van der Waals surface area contributed by atoms with E-state index in [1.165, 1.54) is 4.90 Å². The Balaban J connectivity index is 1.28. The Kier molecular flexibility index (Phi) is 4.23. The second kappa shape index (κ2) is 6.94. The number of hydrogen-bond donors (Lipinski definition) is 2. The van der Waals surface area contributed by atoms with Gasteiger partial charge in [-0.3, -0.25) is 24.7 Å². The fourth-order valence-corrected chi connectivity index (χ4v) is 4.20. The minimum absolute atomic E-state index is 0.213. The quantitative estimate of drug-likeness (QED) is 0.734. The molecular formula is C21H19N5O4. The van der Waals surface area contributed by atoms with Crippen LogP contribution in [0.5, 0.6) is 0 Å². The average molecular weight is 405 g/mol. The summed E-state index contributed by atoms with van der Waals surface area (Å²) in [7, 11) is 0. The largest absolute Gasteiger partial charge is 0.322 e. The highest BCUT2D eigenvalue weighted by Gasteiger charge is 2.39. The fraction of sp³-hybridized carbons (Fsp3) is 0.286. The first kappa shape index (κ1) is 18.3. The Morgan fingerprint density at radius 2 is 1.97 bits per heavy atom. The summed E-state index contributed by atoms with van der Waals surface area (Å²) in [5.74, 6) is -0.994. The Labute approximate surface area is 172 Å². The molecule has 3 aliphatic rings. The summed E-state index contributed by atoms with van der Waals surface area (Å²) in [4.78, 5) is 56.4. The van der Waals surface area contributed by atoms with E-state index in [2.05, 4.69) is 15.6 Å². The summed E-state index contributed by atoms with van der Waals surface area (Å²) in [5.41, 5.74) is 3.77. The Morgan fingerprint density at radius 3 is 2.77 bits per heavy atom. The van der Waals surface area contributed by atoms with Crippen LogP contribution >= 0.6 is 0 Å². The van der Waals surface area contributed by atoms with Gasteiger partial charge in [0.1, 0.15) is 6.04 Å². The number of hydrogen-bond acceptors (Lipinski definition) is 5. The third kappa shape index (κ3) is 3.08. The molecule has 2 N–H and O–H groups in total. The molecule has 4 heterocycles. The summed E-state index contributed by atoms with van der Waals surface area (Å²) >= 11 is 0. The lowest BCUT2D eigenvalue weighted by Gasteiger charge is -2.29. The Hall–Kier alpha value is -3.75. The monoisotopic (exact) mass is 405 g/mol. The van der Waals surface area contributed by atoms with Gasteiger partial charge in [0.2, 0.25) is 11.8 Å².